The molecule has 1 heterocycles. The highest BCUT2D eigenvalue weighted by molar-refractivity contribution is 5.77. The van der Waals surface area contributed by atoms with Crippen LogP contribution in [-0.2, 0) is 19.1 Å². The van der Waals surface area contributed by atoms with Gasteiger partial charge in [-0.15, -0.1) is 0 Å². The number of ether oxygens (including phenoxy) is 2. The third-order valence-corrected chi connectivity index (χ3v) is 2.55. The van der Waals surface area contributed by atoms with Crippen molar-refractivity contribution in [2.75, 3.05) is 39.5 Å². The van der Waals surface area contributed by atoms with Crippen molar-refractivity contribution >= 4 is 11.9 Å². The smallest absolute Gasteiger partial charge is 0.300 e. The van der Waals surface area contributed by atoms with Crippen LogP contribution in [0.1, 0.15) is 26.7 Å². The maximum atomic E-state index is 11.7. The molecule has 7 nitrogen and oxygen atoms in total. The van der Waals surface area contributed by atoms with Gasteiger partial charge >= 0.3 is 0 Å². The predicted octanol–water partition coefficient (Wildman–Crippen LogP) is 0.0801. The molecule has 1 rings (SSSR count). The Labute approximate surface area is 120 Å². The van der Waals surface area contributed by atoms with Crippen molar-refractivity contribution in [1.82, 2.24) is 4.90 Å². The van der Waals surface area contributed by atoms with Crippen LogP contribution in [0.15, 0.2) is 0 Å². The van der Waals surface area contributed by atoms with E-state index in [2.05, 4.69) is 0 Å². The fraction of sp³-hybridized carbons (Fsp3) is 0.846. The minimum absolute atomic E-state index is 0.0544. The average molecular weight is 290 g/mol. The zero-order chi connectivity index (χ0) is 15.4. The first-order valence-electron chi connectivity index (χ1n) is 6.88. The van der Waals surface area contributed by atoms with Crippen LogP contribution in [0.3, 0.4) is 0 Å². The number of aliphatic carboxylic acids is 1. The van der Waals surface area contributed by atoms with E-state index in [1.807, 2.05) is 6.92 Å². The van der Waals surface area contributed by atoms with Gasteiger partial charge < -0.3 is 25.2 Å². The second-order valence-electron chi connectivity index (χ2n) is 4.48. The Morgan fingerprint density at radius 1 is 1.50 bits per heavy atom. The van der Waals surface area contributed by atoms with Gasteiger partial charge in [0.15, 0.2) is 0 Å². The van der Waals surface area contributed by atoms with Crippen LogP contribution < -0.4 is 5.73 Å². The van der Waals surface area contributed by atoms with E-state index in [1.54, 1.807) is 4.90 Å². The van der Waals surface area contributed by atoms with E-state index in [0.29, 0.717) is 32.8 Å². The number of nitrogens with zero attached hydrogens (tertiary/aromatic N) is 1. The quantitative estimate of drug-likeness (QED) is 0.672. The van der Waals surface area contributed by atoms with Crippen LogP contribution in [0.2, 0.25) is 0 Å². The fourth-order valence-electron chi connectivity index (χ4n) is 1.70. The third kappa shape index (κ3) is 9.71. The molecule has 0 aromatic rings. The molecule has 0 spiro atoms. The van der Waals surface area contributed by atoms with Gasteiger partial charge in [-0.25, -0.2) is 0 Å². The minimum atomic E-state index is -0.833. The van der Waals surface area contributed by atoms with Crippen molar-refractivity contribution < 1.29 is 24.2 Å². The maximum absolute atomic E-state index is 11.7. The topological polar surface area (TPSA) is 102 Å². The summed E-state index contributed by atoms with van der Waals surface area (Å²) in [6.45, 7) is 6.44. The predicted molar refractivity (Wildman–Crippen MR) is 74.4 cm³/mol. The number of rotatable bonds is 6. The Balaban J connectivity index is 0.000000796. The Morgan fingerprint density at radius 3 is 2.70 bits per heavy atom. The SMILES string of the molecule is CC(=O)O.CCCOCC(=O)N1CCOC(CCN)C1. The number of carbonyl (C=O) groups excluding carboxylic acids is 1. The van der Waals surface area contributed by atoms with Crippen LogP contribution in [0.25, 0.3) is 0 Å². The van der Waals surface area contributed by atoms with Crippen LogP contribution in [-0.4, -0.2) is 67.4 Å². The molecular formula is C13H26N2O5. The summed E-state index contributed by atoms with van der Waals surface area (Å²) in [7, 11) is 0. The molecule has 0 aliphatic carbocycles. The maximum Gasteiger partial charge on any atom is 0.300 e. The van der Waals surface area contributed by atoms with Crippen LogP contribution in [0, 0.1) is 0 Å². The second kappa shape index (κ2) is 11.6. The molecule has 1 amide bonds. The average Bonchev–Trinajstić information content (AvgIpc) is 2.39. The monoisotopic (exact) mass is 290 g/mol. The molecule has 0 aromatic carbocycles. The fourth-order valence-corrected chi connectivity index (χ4v) is 1.70. The van der Waals surface area contributed by atoms with Crippen LogP contribution in [0.4, 0.5) is 0 Å². The van der Waals surface area contributed by atoms with Gasteiger partial charge in [-0.3, -0.25) is 9.59 Å². The normalized spacial score (nSPS) is 18.1. The lowest BCUT2D eigenvalue weighted by Crippen LogP contribution is -2.47. The van der Waals surface area contributed by atoms with E-state index in [4.69, 9.17) is 25.1 Å². The first kappa shape index (κ1) is 18.8. The van der Waals surface area contributed by atoms with E-state index in [1.165, 1.54) is 0 Å². The summed E-state index contributed by atoms with van der Waals surface area (Å²) in [6.07, 6.45) is 1.83. The van der Waals surface area contributed by atoms with Gasteiger partial charge in [-0.2, -0.15) is 0 Å². The van der Waals surface area contributed by atoms with E-state index in [0.717, 1.165) is 19.8 Å². The number of carboxylic acid groups (broad SMARTS) is 1. The van der Waals surface area contributed by atoms with Crippen molar-refractivity contribution in [2.45, 2.75) is 32.8 Å². The highest BCUT2D eigenvalue weighted by atomic mass is 16.5. The molecule has 0 aromatic heterocycles. The van der Waals surface area contributed by atoms with Crippen molar-refractivity contribution in [2.24, 2.45) is 5.73 Å². The number of carboxylic acids is 1. The molecular weight excluding hydrogens is 264 g/mol. The molecule has 118 valence electrons. The van der Waals surface area contributed by atoms with E-state index >= 15 is 0 Å². The molecule has 1 atom stereocenters. The summed E-state index contributed by atoms with van der Waals surface area (Å²) in [6, 6.07) is 0. The lowest BCUT2D eigenvalue weighted by Gasteiger charge is -2.32. The molecule has 1 unspecified atom stereocenters. The summed E-state index contributed by atoms with van der Waals surface area (Å²) in [5, 5.41) is 7.42. The number of hydrogen-bond donors (Lipinski definition) is 2. The molecule has 1 saturated heterocycles. The van der Waals surface area contributed by atoms with Crippen molar-refractivity contribution in [1.29, 1.82) is 0 Å². The summed E-state index contributed by atoms with van der Waals surface area (Å²) >= 11 is 0. The molecule has 7 heteroatoms. The molecule has 20 heavy (non-hydrogen) atoms. The lowest BCUT2D eigenvalue weighted by atomic mass is 10.2. The molecule has 3 N–H and O–H groups in total. The van der Waals surface area contributed by atoms with Gasteiger partial charge in [-0.1, -0.05) is 6.92 Å². The van der Waals surface area contributed by atoms with Crippen LogP contribution >= 0.6 is 0 Å². The minimum Gasteiger partial charge on any atom is -0.481 e. The molecule has 0 radical (unpaired) electrons. The molecule has 1 fully saturated rings. The molecule has 0 saturated carbocycles. The lowest BCUT2D eigenvalue weighted by molar-refractivity contribution is -0.143. The van der Waals surface area contributed by atoms with Gasteiger partial charge in [0.05, 0.1) is 12.7 Å². The standard InChI is InChI=1S/C11H22N2O3.C2H4O2/c1-2-6-15-9-11(14)13-5-7-16-10(8-13)3-4-12;1-2(3)4/h10H,2-9,12H2,1H3;1H3,(H,3,4). The van der Waals surface area contributed by atoms with E-state index < -0.39 is 5.97 Å². The number of morpholine rings is 1. The number of carbonyl (C=O) groups is 2. The largest absolute Gasteiger partial charge is 0.481 e. The van der Waals surface area contributed by atoms with E-state index in [-0.39, 0.29) is 18.6 Å². The number of hydrogen-bond acceptors (Lipinski definition) is 5. The Morgan fingerprint density at radius 2 is 2.15 bits per heavy atom. The number of amides is 1. The van der Waals surface area contributed by atoms with E-state index in [9.17, 15) is 4.79 Å². The highest BCUT2D eigenvalue weighted by Gasteiger charge is 2.23. The zero-order valence-corrected chi connectivity index (χ0v) is 12.3. The van der Waals surface area contributed by atoms with Gasteiger partial charge in [0, 0.05) is 26.6 Å². The summed E-state index contributed by atoms with van der Waals surface area (Å²) in [5.41, 5.74) is 5.47. The van der Waals surface area contributed by atoms with Crippen molar-refractivity contribution in [3.05, 3.63) is 0 Å². The molecule has 1 aliphatic heterocycles. The summed E-state index contributed by atoms with van der Waals surface area (Å²) < 4.78 is 10.7. The van der Waals surface area contributed by atoms with Crippen molar-refractivity contribution in [3.63, 3.8) is 0 Å². The van der Waals surface area contributed by atoms with Gasteiger partial charge in [0.25, 0.3) is 5.97 Å². The van der Waals surface area contributed by atoms with Gasteiger partial charge in [-0.05, 0) is 19.4 Å². The zero-order valence-electron chi connectivity index (χ0n) is 12.3. The Kier molecular flexibility index (Phi) is 10.9. The van der Waals surface area contributed by atoms with Gasteiger partial charge in [0.2, 0.25) is 5.91 Å². The summed E-state index contributed by atoms with van der Waals surface area (Å²) in [4.78, 5) is 22.5. The highest BCUT2D eigenvalue weighted by Crippen LogP contribution is 2.08. The van der Waals surface area contributed by atoms with Crippen molar-refractivity contribution in [3.8, 4) is 0 Å². The van der Waals surface area contributed by atoms with Crippen LogP contribution in [0.5, 0.6) is 0 Å². The summed E-state index contributed by atoms with van der Waals surface area (Å²) in [5.74, 6) is -0.779. The Bertz CT molecular complexity index is 280. The molecule has 1 aliphatic rings. The number of nitrogens with two attached hydrogens (primary N) is 1. The Hall–Kier alpha value is -1.18. The van der Waals surface area contributed by atoms with Gasteiger partial charge in [0.1, 0.15) is 6.61 Å². The second-order valence-corrected chi connectivity index (χ2v) is 4.48. The molecule has 0 bridgehead atoms. The first-order chi connectivity index (χ1) is 9.51. The first-order valence-corrected chi connectivity index (χ1v) is 6.88. The third-order valence-electron chi connectivity index (χ3n) is 2.55.